The van der Waals surface area contributed by atoms with Gasteiger partial charge in [0.2, 0.25) is 0 Å². The van der Waals surface area contributed by atoms with E-state index in [1.165, 1.54) is 12.1 Å². The maximum Gasteiger partial charge on any atom is 0.269 e. The first-order valence-electron chi connectivity index (χ1n) is 4.23. The molecule has 1 aromatic rings. The molecular formula is C10H8NO4-. The van der Waals surface area contributed by atoms with Crippen LogP contribution in [0.3, 0.4) is 0 Å². The van der Waals surface area contributed by atoms with Crippen LogP contribution in [0, 0.1) is 0 Å². The fraction of sp³-hybridized carbons (Fsp3) is 0.100. The van der Waals surface area contributed by atoms with Gasteiger partial charge in [0.15, 0.2) is 0 Å². The van der Waals surface area contributed by atoms with E-state index in [1.54, 1.807) is 12.1 Å². The number of rotatable bonds is 1. The molecule has 3 N–H and O–H groups in total. The Hall–Kier alpha value is -2.01. The highest BCUT2D eigenvalue weighted by Crippen LogP contribution is 2.30. The average Bonchev–Trinajstić information content (AvgIpc) is 2.18. The molecule has 0 spiro atoms. The lowest BCUT2D eigenvalue weighted by molar-refractivity contribution is -0.335. The van der Waals surface area contributed by atoms with Gasteiger partial charge < -0.3 is 25.5 Å². The van der Waals surface area contributed by atoms with E-state index in [-0.39, 0.29) is 5.75 Å². The van der Waals surface area contributed by atoms with Crippen molar-refractivity contribution in [1.82, 2.24) is 0 Å². The van der Waals surface area contributed by atoms with Crippen molar-refractivity contribution in [1.29, 1.82) is 0 Å². The predicted octanol–water partition coefficient (Wildman–Crippen LogP) is -0.887. The SMILES string of the molecule is Nc1ccc2c(c1)C=CC(O)(C(=O)[O-])O2. The van der Waals surface area contributed by atoms with Crippen LogP contribution in [0.4, 0.5) is 5.69 Å². The number of aliphatic carboxylic acids is 1. The third kappa shape index (κ3) is 1.53. The molecule has 0 aliphatic carbocycles. The molecule has 5 heteroatoms. The highest BCUT2D eigenvalue weighted by atomic mass is 16.6. The maximum absolute atomic E-state index is 10.6. The van der Waals surface area contributed by atoms with Gasteiger partial charge in [-0.25, -0.2) is 0 Å². The molecule has 1 heterocycles. The molecule has 1 unspecified atom stereocenters. The van der Waals surface area contributed by atoms with E-state index in [4.69, 9.17) is 10.5 Å². The second-order valence-corrected chi connectivity index (χ2v) is 3.22. The minimum absolute atomic E-state index is 0.249. The largest absolute Gasteiger partial charge is 0.543 e. The van der Waals surface area contributed by atoms with Gasteiger partial charge in [0.05, 0.1) is 0 Å². The number of aliphatic hydroxyl groups is 1. The Morgan fingerprint density at radius 3 is 2.93 bits per heavy atom. The lowest BCUT2D eigenvalue weighted by Gasteiger charge is -2.30. The third-order valence-corrected chi connectivity index (χ3v) is 2.08. The van der Waals surface area contributed by atoms with Gasteiger partial charge in [-0.2, -0.15) is 0 Å². The summed E-state index contributed by atoms with van der Waals surface area (Å²) in [6, 6.07) is 4.65. The van der Waals surface area contributed by atoms with Gasteiger partial charge in [-0.05, 0) is 30.4 Å². The molecule has 0 aromatic heterocycles. The molecule has 15 heavy (non-hydrogen) atoms. The first kappa shape index (κ1) is 9.54. The minimum atomic E-state index is -2.40. The minimum Gasteiger partial charge on any atom is -0.543 e. The summed E-state index contributed by atoms with van der Waals surface area (Å²) < 4.78 is 4.89. The molecule has 78 valence electrons. The molecule has 2 rings (SSSR count). The molecule has 1 aliphatic rings. The summed E-state index contributed by atoms with van der Waals surface area (Å²) >= 11 is 0. The number of anilines is 1. The van der Waals surface area contributed by atoms with Crippen LogP contribution in [0.15, 0.2) is 24.3 Å². The first-order chi connectivity index (χ1) is 7.01. The van der Waals surface area contributed by atoms with E-state index in [1.807, 2.05) is 0 Å². The Bertz CT molecular complexity index is 455. The van der Waals surface area contributed by atoms with E-state index < -0.39 is 11.8 Å². The van der Waals surface area contributed by atoms with E-state index >= 15 is 0 Å². The maximum atomic E-state index is 10.6. The van der Waals surface area contributed by atoms with Gasteiger partial charge in [-0.3, -0.25) is 0 Å². The summed E-state index contributed by atoms with van der Waals surface area (Å²) in [6.07, 6.45) is 2.43. The topological polar surface area (TPSA) is 95.6 Å². The van der Waals surface area contributed by atoms with Crippen LogP contribution in [0.5, 0.6) is 5.75 Å². The Morgan fingerprint density at radius 2 is 2.27 bits per heavy atom. The molecule has 1 atom stereocenters. The summed E-state index contributed by atoms with van der Waals surface area (Å²) in [5, 5.41) is 20.1. The lowest BCUT2D eigenvalue weighted by Crippen LogP contribution is -2.52. The van der Waals surface area contributed by atoms with Crippen molar-refractivity contribution in [2.45, 2.75) is 5.79 Å². The Balaban J connectivity index is 2.44. The van der Waals surface area contributed by atoms with Crippen molar-refractivity contribution < 1.29 is 19.7 Å². The van der Waals surface area contributed by atoms with E-state index in [9.17, 15) is 15.0 Å². The lowest BCUT2D eigenvalue weighted by atomic mass is 10.1. The molecule has 0 fully saturated rings. The fourth-order valence-corrected chi connectivity index (χ4v) is 1.30. The number of ether oxygens (including phenoxy) is 1. The van der Waals surface area contributed by atoms with Crippen molar-refractivity contribution in [3.05, 3.63) is 29.8 Å². The smallest absolute Gasteiger partial charge is 0.269 e. The van der Waals surface area contributed by atoms with Crippen molar-refractivity contribution in [3.8, 4) is 5.75 Å². The number of nitrogens with two attached hydrogens (primary N) is 1. The zero-order valence-corrected chi connectivity index (χ0v) is 7.64. The second kappa shape index (κ2) is 2.99. The molecule has 1 aromatic carbocycles. The number of hydrogen-bond donors (Lipinski definition) is 2. The van der Waals surface area contributed by atoms with Gasteiger partial charge >= 0.3 is 0 Å². The molecule has 0 amide bonds. The van der Waals surface area contributed by atoms with Crippen LogP contribution in [-0.2, 0) is 4.79 Å². The summed E-state index contributed by atoms with van der Waals surface area (Å²) in [7, 11) is 0. The van der Waals surface area contributed by atoms with Gasteiger partial charge in [0.1, 0.15) is 11.7 Å². The van der Waals surface area contributed by atoms with Crippen LogP contribution in [-0.4, -0.2) is 16.9 Å². The number of carboxylic acid groups (broad SMARTS) is 1. The van der Waals surface area contributed by atoms with E-state index in [0.717, 1.165) is 6.08 Å². The van der Waals surface area contributed by atoms with Gasteiger partial charge in [0.25, 0.3) is 5.79 Å². The van der Waals surface area contributed by atoms with Crippen molar-refractivity contribution >= 4 is 17.7 Å². The molecule has 0 bridgehead atoms. The Labute approximate surface area is 85.4 Å². The van der Waals surface area contributed by atoms with Crippen LogP contribution in [0.1, 0.15) is 5.56 Å². The summed E-state index contributed by atoms with van der Waals surface area (Å²) in [5.41, 5.74) is 6.67. The predicted molar refractivity (Wildman–Crippen MR) is 50.5 cm³/mol. The zero-order chi connectivity index (χ0) is 11.1. The number of carbonyl (C=O) groups excluding carboxylic acids is 1. The summed E-state index contributed by atoms with van der Waals surface area (Å²) in [5.74, 6) is -3.86. The molecule has 0 saturated heterocycles. The van der Waals surface area contributed by atoms with Crippen LogP contribution in [0.2, 0.25) is 0 Å². The van der Waals surface area contributed by atoms with Crippen LogP contribution < -0.4 is 15.6 Å². The average molecular weight is 206 g/mol. The molecule has 1 aliphatic heterocycles. The summed E-state index contributed by atoms with van der Waals surface area (Å²) in [6.45, 7) is 0. The standard InChI is InChI=1S/C10H9NO4/c11-7-1-2-8-6(5-7)3-4-10(14,15-8)9(12)13/h1-5,14H,11H2,(H,12,13)/p-1. The van der Waals surface area contributed by atoms with Crippen molar-refractivity contribution in [3.63, 3.8) is 0 Å². The van der Waals surface area contributed by atoms with Crippen LogP contribution >= 0.6 is 0 Å². The summed E-state index contributed by atoms with van der Waals surface area (Å²) in [4.78, 5) is 10.6. The van der Waals surface area contributed by atoms with Gasteiger partial charge in [-0.15, -0.1) is 0 Å². The fourth-order valence-electron chi connectivity index (χ4n) is 1.30. The number of fused-ring (bicyclic) bond motifs is 1. The zero-order valence-electron chi connectivity index (χ0n) is 7.64. The van der Waals surface area contributed by atoms with Crippen molar-refractivity contribution in [2.24, 2.45) is 0 Å². The second-order valence-electron chi connectivity index (χ2n) is 3.22. The number of carbonyl (C=O) groups is 1. The van der Waals surface area contributed by atoms with Crippen LogP contribution in [0.25, 0.3) is 6.08 Å². The third-order valence-electron chi connectivity index (χ3n) is 2.08. The highest BCUT2D eigenvalue weighted by Gasteiger charge is 2.31. The number of carboxylic acids is 1. The Morgan fingerprint density at radius 1 is 1.53 bits per heavy atom. The Kier molecular flexibility index (Phi) is 1.90. The van der Waals surface area contributed by atoms with E-state index in [2.05, 4.69) is 0 Å². The molecule has 5 nitrogen and oxygen atoms in total. The normalized spacial score (nSPS) is 23.0. The number of hydrogen-bond acceptors (Lipinski definition) is 5. The van der Waals surface area contributed by atoms with Crippen molar-refractivity contribution in [2.75, 3.05) is 5.73 Å². The number of benzene rings is 1. The number of nitrogen functional groups attached to an aromatic ring is 1. The van der Waals surface area contributed by atoms with Gasteiger partial charge in [0, 0.05) is 11.3 Å². The monoisotopic (exact) mass is 206 g/mol. The quantitative estimate of drug-likeness (QED) is 0.581. The highest BCUT2D eigenvalue weighted by molar-refractivity contribution is 5.80. The van der Waals surface area contributed by atoms with Gasteiger partial charge in [-0.1, -0.05) is 0 Å². The molecule has 0 saturated carbocycles. The van der Waals surface area contributed by atoms with E-state index in [0.29, 0.717) is 11.3 Å². The first-order valence-corrected chi connectivity index (χ1v) is 4.23. The molecular weight excluding hydrogens is 198 g/mol. The molecule has 0 radical (unpaired) electrons.